The van der Waals surface area contributed by atoms with E-state index in [9.17, 15) is 14.4 Å². The van der Waals surface area contributed by atoms with E-state index >= 15 is 0 Å². The number of hydrogen-bond donors (Lipinski definition) is 4. The van der Waals surface area contributed by atoms with Crippen LogP contribution in [0.1, 0.15) is 26.3 Å². The summed E-state index contributed by atoms with van der Waals surface area (Å²) in [4.78, 5) is 41.0. The number of benzene rings is 3. The van der Waals surface area contributed by atoms with Crippen molar-refractivity contribution in [2.75, 3.05) is 17.7 Å². The second-order valence-electron chi connectivity index (χ2n) is 7.70. The van der Waals surface area contributed by atoms with Gasteiger partial charge >= 0.3 is 5.97 Å². The molecule has 0 fully saturated rings. The van der Waals surface area contributed by atoms with E-state index in [-0.39, 0.29) is 11.1 Å². The highest BCUT2D eigenvalue weighted by Crippen LogP contribution is 2.22. The molecule has 4 aromatic rings. The third-order valence-corrected chi connectivity index (χ3v) is 5.46. The van der Waals surface area contributed by atoms with Crippen molar-refractivity contribution in [3.05, 3.63) is 95.7 Å². The predicted molar refractivity (Wildman–Crippen MR) is 131 cm³/mol. The van der Waals surface area contributed by atoms with E-state index in [1.807, 2.05) is 30.5 Å². The summed E-state index contributed by atoms with van der Waals surface area (Å²) < 4.78 is 4.77. The first-order valence-corrected chi connectivity index (χ1v) is 10.7. The molecule has 1 atom stereocenters. The Morgan fingerprint density at radius 1 is 0.882 bits per heavy atom. The van der Waals surface area contributed by atoms with Crippen molar-refractivity contribution in [1.29, 1.82) is 0 Å². The van der Waals surface area contributed by atoms with Crippen molar-refractivity contribution in [2.24, 2.45) is 5.73 Å². The van der Waals surface area contributed by atoms with Crippen LogP contribution in [0.15, 0.2) is 79.0 Å². The molecule has 0 radical (unpaired) electrons. The summed E-state index contributed by atoms with van der Waals surface area (Å²) in [5.74, 6) is -1.47. The van der Waals surface area contributed by atoms with E-state index in [1.54, 1.807) is 48.5 Å². The first-order chi connectivity index (χ1) is 16.5. The van der Waals surface area contributed by atoms with Crippen molar-refractivity contribution in [3.8, 4) is 0 Å². The highest BCUT2D eigenvalue weighted by atomic mass is 16.5. The fraction of sp³-hybridized carbons (Fsp3) is 0.115. The molecule has 1 aromatic heterocycles. The third kappa shape index (κ3) is 4.82. The van der Waals surface area contributed by atoms with Crippen molar-refractivity contribution in [1.82, 2.24) is 4.98 Å². The Labute approximate surface area is 196 Å². The van der Waals surface area contributed by atoms with Gasteiger partial charge in [-0.05, 0) is 42.3 Å². The number of fused-ring (bicyclic) bond motifs is 1. The van der Waals surface area contributed by atoms with Crippen LogP contribution in [0.3, 0.4) is 0 Å². The average molecular weight is 457 g/mol. The van der Waals surface area contributed by atoms with Gasteiger partial charge in [0.1, 0.15) is 0 Å². The van der Waals surface area contributed by atoms with Gasteiger partial charge in [-0.25, -0.2) is 4.79 Å². The number of aromatic amines is 1. The zero-order valence-electron chi connectivity index (χ0n) is 18.5. The second-order valence-corrected chi connectivity index (χ2v) is 7.70. The van der Waals surface area contributed by atoms with Crippen LogP contribution in [0.5, 0.6) is 0 Å². The molecule has 0 aliphatic carbocycles. The van der Waals surface area contributed by atoms with Crippen LogP contribution in [0.4, 0.5) is 11.4 Å². The van der Waals surface area contributed by atoms with Gasteiger partial charge in [0.2, 0.25) is 5.91 Å². The quantitative estimate of drug-likeness (QED) is 0.315. The van der Waals surface area contributed by atoms with Gasteiger partial charge in [0.25, 0.3) is 5.91 Å². The van der Waals surface area contributed by atoms with Gasteiger partial charge in [0, 0.05) is 17.1 Å². The van der Waals surface area contributed by atoms with Gasteiger partial charge in [-0.15, -0.1) is 0 Å². The summed E-state index contributed by atoms with van der Waals surface area (Å²) >= 11 is 0. The van der Waals surface area contributed by atoms with Crippen LogP contribution < -0.4 is 16.4 Å². The SMILES string of the molecule is COC(=O)c1ccccc1NC(=O)c1ccccc1NC(=O)[C@@H](N)Cc1c[nH]c2ccccc12. The molecular weight excluding hydrogens is 432 g/mol. The van der Waals surface area contributed by atoms with Crippen LogP contribution in [0, 0.1) is 0 Å². The zero-order chi connectivity index (χ0) is 24.1. The van der Waals surface area contributed by atoms with Gasteiger partial charge < -0.3 is 26.1 Å². The molecule has 0 saturated carbocycles. The molecule has 3 aromatic carbocycles. The molecule has 0 aliphatic rings. The van der Waals surface area contributed by atoms with Gasteiger partial charge in [0.05, 0.1) is 35.7 Å². The lowest BCUT2D eigenvalue weighted by Crippen LogP contribution is -2.37. The Bertz CT molecular complexity index is 1360. The molecule has 8 nitrogen and oxygen atoms in total. The summed E-state index contributed by atoms with van der Waals surface area (Å²) in [5, 5.41) is 6.48. The summed E-state index contributed by atoms with van der Waals surface area (Å²) in [6, 6.07) is 20.1. The van der Waals surface area contributed by atoms with E-state index in [1.165, 1.54) is 7.11 Å². The monoisotopic (exact) mass is 456 g/mol. The molecule has 34 heavy (non-hydrogen) atoms. The van der Waals surface area contributed by atoms with Crippen molar-refractivity contribution in [2.45, 2.75) is 12.5 Å². The van der Waals surface area contributed by atoms with E-state index < -0.39 is 23.8 Å². The summed E-state index contributed by atoms with van der Waals surface area (Å²) in [6.07, 6.45) is 2.18. The van der Waals surface area contributed by atoms with Crippen LogP contribution in [-0.4, -0.2) is 35.9 Å². The number of methoxy groups -OCH3 is 1. The summed E-state index contributed by atoms with van der Waals surface area (Å²) in [6.45, 7) is 0. The lowest BCUT2D eigenvalue weighted by atomic mass is 10.0. The highest BCUT2D eigenvalue weighted by molar-refractivity contribution is 6.12. The standard InChI is InChI=1S/C26H24N4O4/c1-34-26(33)19-10-4-7-13-23(19)29-24(31)18-9-3-6-12-22(18)30-25(32)20(27)14-16-15-28-21-11-5-2-8-17(16)21/h2-13,15,20,28H,14,27H2,1H3,(H,29,31)(H,30,32)/t20-/m0/s1. The predicted octanol–water partition coefficient (Wildman–Crippen LogP) is 3.72. The molecule has 0 saturated heterocycles. The van der Waals surface area contributed by atoms with E-state index in [0.717, 1.165) is 16.5 Å². The fourth-order valence-electron chi connectivity index (χ4n) is 3.72. The van der Waals surface area contributed by atoms with Crippen molar-refractivity contribution >= 4 is 40.1 Å². The molecule has 0 spiro atoms. The van der Waals surface area contributed by atoms with E-state index in [4.69, 9.17) is 10.5 Å². The van der Waals surface area contributed by atoms with E-state index in [2.05, 4.69) is 15.6 Å². The van der Waals surface area contributed by atoms with Crippen LogP contribution in [-0.2, 0) is 16.0 Å². The first-order valence-electron chi connectivity index (χ1n) is 10.7. The molecular formula is C26H24N4O4. The van der Waals surface area contributed by atoms with Crippen molar-refractivity contribution in [3.63, 3.8) is 0 Å². The Morgan fingerprint density at radius 3 is 2.24 bits per heavy atom. The Morgan fingerprint density at radius 2 is 1.50 bits per heavy atom. The molecule has 8 heteroatoms. The number of aromatic nitrogens is 1. The summed E-state index contributed by atoms with van der Waals surface area (Å²) in [7, 11) is 1.27. The smallest absolute Gasteiger partial charge is 0.339 e. The number of para-hydroxylation sites is 3. The number of H-pyrrole nitrogens is 1. The lowest BCUT2D eigenvalue weighted by Gasteiger charge is -2.15. The van der Waals surface area contributed by atoms with Gasteiger partial charge in [-0.1, -0.05) is 42.5 Å². The third-order valence-electron chi connectivity index (χ3n) is 5.46. The molecule has 0 unspecified atom stereocenters. The highest BCUT2D eigenvalue weighted by Gasteiger charge is 2.20. The number of carbonyl (C=O) groups excluding carboxylic acids is 3. The number of nitrogens with one attached hydrogen (secondary N) is 3. The molecule has 2 amide bonds. The van der Waals surface area contributed by atoms with Gasteiger partial charge in [-0.2, -0.15) is 0 Å². The lowest BCUT2D eigenvalue weighted by molar-refractivity contribution is -0.117. The number of esters is 1. The Kier molecular flexibility index (Phi) is 6.70. The Hall–Kier alpha value is -4.43. The zero-order valence-corrected chi connectivity index (χ0v) is 18.5. The number of rotatable bonds is 7. The van der Waals surface area contributed by atoms with Gasteiger partial charge in [-0.3, -0.25) is 9.59 Å². The number of amides is 2. The van der Waals surface area contributed by atoms with Crippen LogP contribution in [0.25, 0.3) is 10.9 Å². The maximum atomic E-state index is 13.0. The topological polar surface area (TPSA) is 126 Å². The van der Waals surface area contributed by atoms with E-state index in [0.29, 0.717) is 17.8 Å². The minimum absolute atomic E-state index is 0.223. The first kappa shape index (κ1) is 22.8. The van der Waals surface area contributed by atoms with Gasteiger partial charge in [0.15, 0.2) is 0 Å². The number of ether oxygens (including phenoxy) is 1. The van der Waals surface area contributed by atoms with Crippen LogP contribution in [0.2, 0.25) is 0 Å². The number of nitrogens with two attached hydrogens (primary N) is 1. The molecule has 5 N–H and O–H groups in total. The molecule has 172 valence electrons. The minimum Gasteiger partial charge on any atom is -0.465 e. The number of anilines is 2. The van der Waals surface area contributed by atoms with Crippen LogP contribution >= 0.6 is 0 Å². The molecule has 0 bridgehead atoms. The number of carbonyl (C=O) groups is 3. The maximum Gasteiger partial charge on any atom is 0.339 e. The summed E-state index contributed by atoms with van der Waals surface area (Å²) in [5.41, 5.74) is 9.16. The van der Waals surface area contributed by atoms with Crippen molar-refractivity contribution < 1.29 is 19.1 Å². The Balaban J connectivity index is 1.49. The number of hydrogen-bond acceptors (Lipinski definition) is 5. The molecule has 4 rings (SSSR count). The second kappa shape index (κ2) is 10.0. The maximum absolute atomic E-state index is 13.0. The molecule has 1 heterocycles. The minimum atomic E-state index is -0.824. The fourth-order valence-corrected chi connectivity index (χ4v) is 3.72. The molecule has 0 aliphatic heterocycles. The largest absolute Gasteiger partial charge is 0.465 e. The average Bonchev–Trinajstić information content (AvgIpc) is 3.27. The normalized spacial score (nSPS) is 11.6.